The van der Waals surface area contributed by atoms with Crippen LogP contribution in [0, 0.1) is 5.92 Å². The largest absolute Gasteiger partial charge is 0.469 e. The fourth-order valence-electron chi connectivity index (χ4n) is 1.70. The van der Waals surface area contributed by atoms with Crippen molar-refractivity contribution in [1.82, 2.24) is 5.32 Å². The molecule has 1 saturated heterocycles. The van der Waals surface area contributed by atoms with Crippen LogP contribution in [0.1, 0.15) is 32.1 Å². The number of hydrogen-bond donors (Lipinski definition) is 1. The van der Waals surface area contributed by atoms with E-state index in [4.69, 9.17) is 0 Å². The van der Waals surface area contributed by atoms with Crippen LogP contribution in [0.5, 0.6) is 0 Å². The monoisotopic (exact) mass is 199 g/mol. The first kappa shape index (κ1) is 11.0. The zero-order valence-electron chi connectivity index (χ0n) is 8.54. The number of esters is 1. The summed E-state index contributed by atoms with van der Waals surface area (Å²) in [5.74, 6) is 0.451. The second-order valence-electron chi connectivity index (χ2n) is 3.66. The number of carbonyl (C=O) groups is 2. The smallest absolute Gasteiger partial charge is 0.305 e. The maximum Gasteiger partial charge on any atom is 0.305 e. The molecule has 14 heavy (non-hydrogen) atoms. The molecular formula is C10H17NO3. The van der Waals surface area contributed by atoms with Crippen molar-refractivity contribution in [2.45, 2.75) is 32.1 Å². The summed E-state index contributed by atoms with van der Waals surface area (Å²) in [5.41, 5.74) is 0. The average molecular weight is 199 g/mol. The molecule has 4 heteroatoms. The first-order chi connectivity index (χ1) is 6.72. The summed E-state index contributed by atoms with van der Waals surface area (Å²) in [6.45, 7) is 0.741. The second kappa shape index (κ2) is 5.62. The molecule has 1 aliphatic rings. The van der Waals surface area contributed by atoms with Gasteiger partial charge in [0.05, 0.1) is 7.11 Å². The zero-order valence-corrected chi connectivity index (χ0v) is 8.54. The van der Waals surface area contributed by atoms with Crippen LogP contribution in [0.2, 0.25) is 0 Å². The van der Waals surface area contributed by atoms with E-state index in [2.05, 4.69) is 10.1 Å². The minimum Gasteiger partial charge on any atom is -0.469 e. The van der Waals surface area contributed by atoms with Gasteiger partial charge in [-0.15, -0.1) is 0 Å². The van der Waals surface area contributed by atoms with Gasteiger partial charge in [-0.2, -0.15) is 0 Å². The lowest BCUT2D eigenvalue weighted by atomic mass is 9.95. The van der Waals surface area contributed by atoms with E-state index in [0.29, 0.717) is 18.8 Å². The van der Waals surface area contributed by atoms with Gasteiger partial charge in [-0.25, -0.2) is 0 Å². The van der Waals surface area contributed by atoms with Crippen LogP contribution in [0.15, 0.2) is 0 Å². The van der Waals surface area contributed by atoms with Crippen molar-refractivity contribution in [1.29, 1.82) is 0 Å². The lowest BCUT2D eigenvalue weighted by Crippen LogP contribution is -2.21. The van der Waals surface area contributed by atoms with Gasteiger partial charge in [0.15, 0.2) is 0 Å². The van der Waals surface area contributed by atoms with Crippen LogP contribution >= 0.6 is 0 Å². The first-order valence-electron chi connectivity index (χ1n) is 5.06. The minimum absolute atomic E-state index is 0.130. The predicted molar refractivity (Wildman–Crippen MR) is 51.6 cm³/mol. The normalized spacial score (nSPS) is 22.4. The molecule has 0 radical (unpaired) electrons. The average Bonchev–Trinajstić information content (AvgIpc) is 2.39. The van der Waals surface area contributed by atoms with E-state index in [0.717, 1.165) is 25.8 Å². The van der Waals surface area contributed by atoms with Crippen LogP contribution in [-0.2, 0) is 14.3 Å². The molecule has 1 aliphatic heterocycles. The maximum atomic E-state index is 11.0. The summed E-state index contributed by atoms with van der Waals surface area (Å²) in [5, 5.41) is 2.82. The molecule has 1 heterocycles. The highest BCUT2D eigenvalue weighted by Crippen LogP contribution is 2.19. The molecule has 1 rings (SSSR count). The van der Waals surface area contributed by atoms with Crippen molar-refractivity contribution in [2.75, 3.05) is 13.7 Å². The van der Waals surface area contributed by atoms with E-state index in [1.165, 1.54) is 7.11 Å². The highest BCUT2D eigenvalue weighted by atomic mass is 16.5. The summed E-state index contributed by atoms with van der Waals surface area (Å²) in [6, 6.07) is 0. The number of methoxy groups -OCH3 is 1. The Bertz CT molecular complexity index is 215. The predicted octanol–water partition coefficient (Wildman–Crippen LogP) is 0.856. The Balaban J connectivity index is 2.23. The van der Waals surface area contributed by atoms with Crippen LogP contribution in [0.4, 0.5) is 0 Å². The Morgan fingerprint density at radius 1 is 1.57 bits per heavy atom. The van der Waals surface area contributed by atoms with Gasteiger partial charge in [0.1, 0.15) is 0 Å². The van der Waals surface area contributed by atoms with Gasteiger partial charge >= 0.3 is 5.97 Å². The fraction of sp³-hybridized carbons (Fsp3) is 0.800. The topological polar surface area (TPSA) is 55.4 Å². The molecule has 0 aromatic heterocycles. The number of amides is 1. The first-order valence-corrected chi connectivity index (χ1v) is 5.06. The van der Waals surface area contributed by atoms with Gasteiger partial charge in [-0.1, -0.05) is 0 Å². The van der Waals surface area contributed by atoms with Crippen molar-refractivity contribution in [3.05, 3.63) is 0 Å². The van der Waals surface area contributed by atoms with Crippen LogP contribution in [0.25, 0.3) is 0 Å². The number of hydrogen-bond acceptors (Lipinski definition) is 3. The Hall–Kier alpha value is -1.06. The van der Waals surface area contributed by atoms with E-state index >= 15 is 0 Å². The summed E-state index contributed by atoms with van der Waals surface area (Å²) in [7, 11) is 1.40. The molecule has 0 aliphatic carbocycles. The fourth-order valence-corrected chi connectivity index (χ4v) is 1.70. The van der Waals surface area contributed by atoms with E-state index in [-0.39, 0.29) is 11.9 Å². The van der Waals surface area contributed by atoms with Gasteiger partial charge in [-0.3, -0.25) is 9.59 Å². The summed E-state index contributed by atoms with van der Waals surface area (Å²) >= 11 is 0. The standard InChI is InChI=1S/C10H17NO3/c1-14-10(13)5-3-8-2-4-9(12)11-7-6-8/h8H,2-7H2,1H3,(H,11,12)/t8-/m0/s1. The van der Waals surface area contributed by atoms with E-state index < -0.39 is 0 Å². The molecule has 80 valence electrons. The van der Waals surface area contributed by atoms with E-state index in [9.17, 15) is 9.59 Å². The maximum absolute atomic E-state index is 11.0. The van der Waals surface area contributed by atoms with E-state index in [1.807, 2.05) is 0 Å². The van der Waals surface area contributed by atoms with Crippen molar-refractivity contribution in [2.24, 2.45) is 5.92 Å². The zero-order chi connectivity index (χ0) is 10.4. The van der Waals surface area contributed by atoms with Crippen LogP contribution < -0.4 is 5.32 Å². The second-order valence-corrected chi connectivity index (χ2v) is 3.66. The van der Waals surface area contributed by atoms with Crippen molar-refractivity contribution in [3.63, 3.8) is 0 Å². The van der Waals surface area contributed by atoms with Gasteiger partial charge in [0, 0.05) is 19.4 Å². The molecule has 0 bridgehead atoms. The third-order valence-corrected chi connectivity index (χ3v) is 2.64. The number of nitrogens with one attached hydrogen (secondary N) is 1. The summed E-state index contributed by atoms with van der Waals surface area (Å²) in [4.78, 5) is 21.9. The molecule has 4 nitrogen and oxygen atoms in total. The molecule has 0 unspecified atom stereocenters. The van der Waals surface area contributed by atoms with Crippen molar-refractivity contribution >= 4 is 11.9 Å². The van der Waals surface area contributed by atoms with Gasteiger partial charge in [-0.05, 0) is 25.2 Å². The van der Waals surface area contributed by atoms with Gasteiger partial charge in [0.2, 0.25) is 5.91 Å². The lowest BCUT2D eigenvalue weighted by Gasteiger charge is -2.11. The number of carbonyl (C=O) groups excluding carboxylic acids is 2. The number of ether oxygens (including phenoxy) is 1. The molecule has 1 fully saturated rings. The van der Waals surface area contributed by atoms with Gasteiger partial charge < -0.3 is 10.1 Å². The Labute approximate surface area is 84.0 Å². The molecule has 1 amide bonds. The van der Waals surface area contributed by atoms with E-state index in [1.54, 1.807) is 0 Å². The third-order valence-electron chi connectivity index (χ3n) is 2.64. The third kappa shape index (κ3) is 3.77. The minimum atomic E-state index is -0.159. The SMILES string of the molecule is COC(=O)CC[C@H]1CCNC(=O)CC1. The molecule has 0 spiro atoms. The van der Waals surface area contributed by atoms with Crippen LogP contribution in [-0.4, -0.2) is 25.5 Å². The molecule has 1 N–H and O–H groups in total. The Kier molecular flexibility index (Phi) is 4.43. The van der Waals surface area contributed by atoms with Crippen molar-refractivity contribution in [3.8, 4) is 0 Å². The quantitative estimate of drug-likeness (QED) is 0.686. The molecular weight excluding hydrogens is 182 g/mol. The molecule has 0 saturated carbocycles. The Morgan fingerprint density at radius 3 is 3.07 bits per heavy atom. The van der Waals surface area contributed by atoms with Gasteiger partial charge in [0.25, 0.3) is 0 Å². The van der Waals surface area contributed by atoms with Crippen molar-refractivity contribution < 1.29 is 14.3 Å². The molecule has 1 atom stereocenters. The highest BCUT2D eigenvalue weighted by Gasteiger charge is 2.16. The summed E-state index contributed by atoms with van der Waals surface area (Å²) < 4.78 is 4.57. The Morgan fingerprint density at radius 2 is 2.36 bits per heavy atom. The highest BCUT2D eigenvalue weighted by molar-refractivity contribution is 5.76. The lowest BCUT2D eigenvalue weighted by molar-refractivity contribution is -0.141. The summed E-state index contributed by atoms with van der Waals surface area (Å²) in [6.07, 6.45) is 3.76. The number of rotatable bonds is 3. The molecule has 0 aromatic carbocycles. The molecule has 0 aromatic rings. The van der Waals surface area contributed by atoms with Crippen LogP contribution in [0.3, 0.4) is 0 Å².